The van der Waals surface area contributed by atoms with E-state index in [1.165, 1.54) is 77.0 Å². The first-order valence-electron chi connectivity index (χ1n) is 13.6. The van der Waals surface area contributed by atoms with Gasteiger partial charge in [0.05, 0.1) is 38.6 Å². The molecule has 5 rings (SSSR count). The van der Waals surface area contributed by atoms with Crippen LogP contribution in [0.2, 0.25) is 0 Å². The highest BCUT2D eigenvalue weighted by molar-refractivity contribution is 5.00. The van der Waals surface area contributed by atoms with Gasteiger partial charge in [-0.1, -0.05) is 24.3 Å². The van der Waals surface area contributed by atoms with Gasteiger partial charge in [-0.3, -0.25) is 0 Å². The summed E-state index contributed by atoms with van der Waals surface area (Å²) in [5.74, 6) is 3.17. The zero-order chi connectivity index (χ0) is 21.6. The zero-order valence-corrected chi connectivity index (χ0v) is 19.9. The molecule has 0 spiro atoms. The van der Waals surface area contributed by atoms with E-state index in [9.17, 15) is 0 Å². The molecule has 0 amide bonds. The first-order valence-corrected chi connectivity index (χ1v) is 13.6. The summed E-state index contributed by atoms with van der Waals surface area (Å²) in [6.07, 6.45) is 27.6. The third kappa shape index (κ3) is 7.68. The second-order valence-electron chi connectivity index (χ2n) is 11.1. The van der Waals surface area contributed by atoms with Crippen molar-refractivity contribution in [2.24, 2.45) is 23.7 Å². The average Bonchev–Trinajstić information content (AvgIpc) is 3.76. The number of hydrogen-bond donors (Lipinski definition) is 0. The highest BCUT2D eigenvalue weighted by Crippen LogP contribution is 2.34. The Morgan fingerprint density at radius 3 is 1.03 bits per heavy atom. The third-order valence-corrected chi connectivity index (χ3v) is 8.41. The van der Waals surface area contributed by atoms with Crippen LogP contribution in [0.1, 0.15) is 77.0 Å². The Balaban J connectivity index is 0.931. The fraction of sp³-hybridized carbons (Fsp3) is 0.857. The van der Waals surface area contributed by atoms with Gasteiger partial charge in [-0.05, 0) is 101 Å². The molecule has 0 bridgehead atoms. The van der Waals surface area contributed by atoms with Crippen molar-refractivity contribution in [3.8, 4) is 0 Å². The highest BCUT2D eigenvalue weighted by atomic mass is 16.6. The minimum absolute atomic E-state index is 0.403. The van der Waals surface area contributed by atoms with Gasteiger partial charge in [0.2, 0.25) is 0 Å². The van der Waals surface area contributed by atoms with Gasteiger partial charge in [0.15, 0.2) is 0 Å². The van der Waals surface area contributed by atoms with Crippen LogP contribution in [-0.2, 0) is 18.9 Å². The number of rotatable bonds is 10. The fourth-order valence-corrected chi connectivity index (χ4v) is 5.87. The summed E-state index contributed by atoms with van der Waals surface area (Å²) in [4.78, 5) is 0. The van der Waals surface area contributed by atoms with E-state index in [1.54, 1.807) is 0 Å². The molecule has 2 saturated heterocycles. The molecule has 0 aromatic rings. The van der Waals surface area contributed by atoms with Crippen molar-refractivity contribution in [1.82, 2.24) is 0 Å². The predicted molar refractivity (Wildman–Crippen MR) is 127 cm³/mol. The van der Waals surface area contributed by atoms with Gasteiger partial charge in [-0.2, -0.15) is 0 Å². The predicted octanol–water partition coefficient (Wildman–Crippen LogP) is 5.85. The van der Waals surface area contributed by atoms with E-state index < -0.39 is 0 Å². The fourth-order valence-electron chi connectivity index (χ4n) is 5.87. The monoisotopic (exact) mass is 444 g/mol. The van der Waals surface area contributed by atoms with E-state index in [2.05, 4.69) is 24.3 Å². The van der Waals surface area contributed by atoms with E-state index >= 15 is 0 Å². The van der Waals surface area contributed by atoms with Crippen LogP contribution >= 0.6 is 0 Å². The third-order valence-electron chi connectivity index (χ3n) is 8.41. The van der Waals surface area contributed by atoms with Gasteiger partial charge in [-0.15, -0.1) is 0 Å². The first-order chi connectivity index (χ1) is 15.8. The van der Waals surface area contributed by atoms with Crippen molar-refractivity contribution < 1.29 is 18.9 Å². The molecule has 4 nitrogen and oxygen atoms in total. The SMILES string of the molecule is C(=C\C1CCC(OCC2CO2)CC1)/C1CCC(/C=C/C2CCC(OCC3CO3)CC2)CC1. The standard InChI is InChI=1S/C28H44O4/c1-2-22(6-8-24-11-15-26(16-12-24)30-18-28-20-32-28)4-3-21(1)5-7-23-9-13-25(14-10-23)29-17-27-19-31-27/h5-8,21-28H,1-4,9-20H2/b7-5+,8-6+. The van der Waals surface area contributed by atoms with Crippen molar-refractivity contribution in [2.75, 3.05) is 26.4 Å². The van der Waals surface area contributed by atoms with Crippen molar-refractivity contribution in [3.05, 3.63) is 24.3 Å². The molecular formula is C28H44O4. The molecule has 2 aliphatic heterocycles. The van der Waals surface area contributed by atoms with Crippen LogP contribution in [0.3, 0.4) is 0 Å². The molecule has 180 valence electrons. The average molecular weight is 445 g/mol. The largest absolute Gasteiger partial charge is 0.375 e. The number of allylic oxidation sites excluding steroid dienone is 4. The van der Waals surface area contributed by atoms with E-state index in [-0.39, 0.29) is 0 Å². The Kier molecular flexibility index (Phi) is 8.40. The van der Waals surface area contributed by atoms with Crippen LogP contribution in [0.5, 0.6) is 0 Å². The van der Waals surface area contributed by atoms with Crippen LogP contribution < -0.4 is 0 Å². The molecule has 32 heavy (non-hydrogen) atoms. The van der Waals surface area contributed by atoms with Crippen LogP contribution in [0.4, 0.5) is 0 Å². The molecule has 2 unspecified atom stereocenters. The Morgan fingerprint density at radius 1 is 0.469 bits per heavy atom. The number of epoxide rings is 2. The van der Waals surface area contributed by atoms with E-state index in [1.807, 2.05) is 0 Å². The van der Waals surface area contributed by atoms with Crippen LogP contribution in [0.25, 0.3) is 0 Å². The molecule has 3 saturated carbocycles. The molecule has 4 heteroatoms. The quantitative estimate of drug-likeness (QED) is 0.313. The van der Waals surface area contributed by atoms with E-state index in [0.29, 0.717) is 24.4 Å². The molecular weight excluding hydrogens is 400 g/mol. The van der Waals surface area contributed by atoms with Gasteiger partial charge >= 0.3 is 0 Å². The van der Waals surface area contributed by atoms with Crippen molar-refractivity contribution in [2.45, 2.75) is 101 Å². The smallest absolute Gasteiger partial charge is 0.104 e. The summed E-state index contributed by atoms with van der Waals surface area (Å²) in [7, 11) is 0. The molecule has 5 fully saturated rings. The normalized spacial score (nSPS) is 42.5. The highest BCUT2D eigenvalue weighted by Gasteiger charge is 2.28. The minimum atomic E-state index is 0.403. The van der Waals surface area contributed by atoms with E-state index in [4.69, 9.17) is 18.9 Å². The van der Waals surface area contributed by atoms with Crippen LogP contribution in [-0.4, -0.2) is 50.8 Å². The van der Waals surface area contributed by atoms with Crippen molar-refractivity contribution >= 4 is 0 Å². The Labute approximate surface area is 195 Å². The van der Waals surface area contributed by atoms with Crippen LogP contribution in [0.15, 0.2) is 24.3 Å². The lowest BCUT2D eigenvalue weighted by Crippen LogP contribution is -2.23. The Bertz CT molecular complexity index is 545. The molecule has 5 aliphatic rings. The summed E-state index contributed by atoms with van der Waals surface area (Å²) < 4.78 is 22.5. The number of hydrogen-bond acceptors (Lipinski definition) is 4. The summed E-state index contributed by atoms with van der Waals surface area (Å²) in [5, 5.41) is 0. The maximum absolute atomic E-state index is 5.99. The molecule has 0 N–H and O–H groups in total. The summed E-state index contributed by atoms with van der Waals surface area (Å²) in [6, 6.07) is 0. The molecule has 3 aliphatic carbocycles. The lowest BCUT2D eigenvalue weighted by Gasteiger charge is -2.29. The summed E-state index contributed by atoms with van der Waals surface area (Å²) >= 11 is 0. The topological polar surface area (TPSA) is 43.5 Å². The Morgan fingerprint density at radius 2 is 0.750 bits per heavy atom. The van der Waals surface area contributed by atoms with Crippen LogP contribution in [0, 0.1) is 23.7 Å². The molecule has 2 heterocycles. The summed E-state index contributed by atoms with van der Waals surface area (Å²) in [5.41, 5.74) is 0. The molecule has 0 radical (unpaired) electrons. The van der Waals surface area contributed by atoms with Crippen molar-refractivity contribution in [3.63, 3.8) is 0 Å². The van der Waals surface area contributed by atoms with Gasteiger partial charge < -0.3 is 18.9 Å². The Hall–Kier alpha value is -0.680. The van der Waals surface area contributed by atoms with Gasteiger partial charge in [0.25, 0.3) is 0 Å². The molecule has 2 atom stereocenters. The lowest BCUT2D eigenvalue weighted by molar-refractivity contribution is 0.0141. The maximum atomic E-state index is 5.99. The van der Waals surface area contributed by atoms with Gasteiger partial charge in [0.1, 0.15) is 12.2 Å². The van der Waals surface area contributed by atoms with Gasteiger partial charge in [-0.25, -0.2) is 0 Å². The minimum Gasteiger partial charge on any atom is -0.375 e. The zero-order valence-electron chi connectivity index (χ0n) is 19.9. The maximum Gasteiger partial charge on any atom is 0.104 e. The first kappa shape index (κ1) is 23.1. The number of ether oxygens (including phenoxy) is 4. The second kappa shape index (κ2) is 11.6. The molecule has 0 aromatic carbocycles. The lowest BCUT2D eigenvalue weighted by atomic mass is 9.79. The van der Waals surface area contributed by atoms with Gasteiger partial charge in [0, 0.05) is 0 Å². The molecule has 0 aromatic heterocycles. The summed E-state index contributed by atoms with van der Waals surface area (Å²) in [6.45, 7) is 3.44. The van der Waals surface area contributed by atoms with E-state index in [0.717, 1.165) is 50.1 Å². The van der Waals surface area contributed by atoms with Crippen molar-refractivity contribution in [1.29, 1.82) is 0 Å². The second-order valence-corrected chi connectivity index (χ2v) is 11.1.